The average molecular weight is 452 g/mol. The lowest BCUT2D eigenvalue weighted by molar-refractivity contribution is -0.107. The van der Waals surface area contributed by atoms with Crippen molar-refractivity contribution < 1.29 is 19.1 Å². The number of urea groups is 1. The predicted molar refractivity (Wildman–Crippen MR) is 129 cm³/mol. The number of hydrogen-bond acceptors (Lipinski definition) is 5. The molecule has 0 spiro atoms. The topological polar surface area (TPSA) is 97.7 Å². The molecule has 0 radical (unpaired) electrons. The highest BCUT2D eigenvalue weighted by Crippen LogP contribution is 2.33. The first-order chi connectivity index (χ1) is 15.6. The van der Waals surface area contributed by atoms with Gasteiger partial charge in [-0.2, -0.15) is 5.10 Å². The Kier molecular flexibility index (Phi) is 6.91. The van der Waals surface area contributed by atoms with Crippen LogP contribution in [0.4, 0.5) is 22.0 Å². The second-order valence-corrected chi connectivity index (χ2v) is 8.54. The molecule has 0 fully saturated rings. The molecule has 3 aromatic rings. The minimum absolute atomic E-state index is 0.114. The zero-order valence-electron chi connectivity index (χ0n) is 19.7. The fourth-order valence-corrected chi connectivity index (χ4v) is 3.04. The van der Waals surface area contributed by atoms with Crippen LogP contribution in [-0.4, -0.2) is 36.4 Å². The third-order valence-corrected chi connectivity index (χ3v) is 4.93. The van der Waals surface area contributed by atoms with Crippen LogP contribution >= 0.6 is 0 Å². The van der Waals surface area contributed by atoms with Crippen LogP contribution < -0.4 is 25.0 Å². The number of aromatic nitrogens is 2. The van der Waals surface area contributed by atoms with Gasteiger partial charge < -0.3 is 19.7 Å². The predicted octanol–water partition coefficient (Wildman–Crippen LogP) is 4.76. The van der Waals surface area contributed by atoms with Crippen LogP contribution in [0.15, 0.2) is 48.5 Å². The zero-order chi connectivity index (χ0) is 24.2. The van der Waals surface area contributed by atoms with Crippen molar-refractivity contribution in [3.63, 3.8) is 0 Å². The van der Waals surface area contributed by atoms with E-state index in [0.29, 0.717) is 40.9 Å². The number of benzene rings is 2. The Morgan fingerprint density at radius 1 is 1.06 bits per heavy atom. The van der Waals surface area contributed by atoms with E-state index in [9.17, 15) is 9.59 Å². The molecule has 33 heavy (non-hydrogen) atoms. The molecular formula is C24H29N5O4. The van der Waals surface area contributed by atoms with E-state index in [4.69, 9.17) is 9.47 Å². The minimum Gasteiger partial charge on any atom is -0.495 e. The Morgan fingerprint density at radius 3 is 2.30 bits per heavy atom. The molecule has 0 aliphatic rings. The van der Waals surface area contributed by atoms with Crippen LogP contribution in [0.1, 0.15) is 26.5 Å². The number of carbonyl (C=O) groups excluding carboxylic acids is 2. The van der Waals surface area contributed by atoms with Gasteiger partial charge in [0.1, 0.15) is 23.1 Å². The first-order valence-corrected chi connectivity index (χ1v) is 10.4. The number of nitrogens with zero attached hydrogens (tertiary/aromatic N) is 3. The molecule has 0 atom stereocenters. The molecule has 0 saturated carbocycles. The number of aryl methyl sites for hydroxylation is 1. The average Bonchev–Trinajstić information content (AvgIpc) is 3.15. The number of amides is 3. The van der Waals surface area contributed by atoms with Crippen molar-refractivity contribution in [3.8, 4) is 17.2 Å². The lowest BCUT2D eigenvalue weighted by Crippen LogP contribution is -2.20. The highest BCUT2D eigenvalue weighted by atomic mass is 16.5. The van der Waals surface area contributed by atoms with Crippen LogP contribution in [0.2, 0.25) is 0 Å². The number of hydrogen-bond donors (Lipinski definition) is 2. The molecule has 9 heteroatoms. The molecule has 0 aliphatic carbocycles. The zero-order valence-corrected chi connectivity index (χ0v) is 19.7. The van der Waals surface area contributed by atoms with Crippen molar-refractivity contribution in [1.29, 1.82) is 0 Å². The summed E-state index contributed by atoms with van der Waals surface area (Å²) in [5.41, 5.74) is 1.97. The lowest BCUT2D eigenvalue weighted by atomic mass is 9.92. The fourth-order valence-electron chi connectivity index (χ4n) is 3.04. The Hall–Kier alpha value is -4.01. The number of nitrogens with one attached hydrogen (secondary N) is 2. The number of rotatable bonds is 7. The van der Waals surface area contributed by atoms with E-state index in [0.717, 1.165) is 5.69 Å². The van der Waals surface area contributed by atoms with E-state index in [1.54, 1.807) is 61.2 Å². The van der Waals surface area contributed by atoms with Crippen molar-refractivity contribution in [2.75, 3.05) is 29.7 Å². The molecule has 2 N–H and O–H groups in total. The largest absolute Gasteiger partial charge is 0.495 e. The summed E-state index contributed by atoms with van der Waals surface area (Å²) in [6, 6.07) is 13.6. The molecule has 3 amide bonds. The molecule has 174 valence electrons. The van der Waals surface area contributed by atoms with Gasteiger partial charge in [0, 0.05) is 37.3 Å². The smallest absolute Gasteiger partial charge is 0.324 e. The van der Waals surface area contributed by atoms with E-state index < -0.39 is 0 Å². The van der Waals surface area contributed by atoms with Gasteiger partial charge in [0.15, 0.2) is 0 Å². The van der Waals surface area contributed by atoms with Crippen molar-refractivity contribution in [2.24, 2.45) is 7.05 Å². The van der Waals surface area contributed by atoms with Crippen molar-refractivity contribution in [2.45, 2.75) is 26.2 Å². The molecule has 1 aromatic heterocycles. The Balaban J connectivity index is 1.64. The third-order valence-electron chi connectivity index (χ3n) is 4.93. The number of carbonyl (C=O) groups is 2. The summed E-state index contributed by atoms with van der Waals surface area (Å²) < 4.78 is 12.8. The molecular weight excluding hydrogens is 422 g/mol. The van der Waals surface area contributed by atoms with E-state index in [-0.39, 0.29) is 11.4 Å². The maximum atomic E-state index is 12.4. The quantitative estimate of drug-likeness (QED) is 0.505. The second-order valence-electron chi connectivity index (χ2n) is 8.54. The third kappa shape index (κ3) is 5.82. The van der Waals surface area contributed by atoms with Gasteiger partial charge >= 0.3 is 6.03 Å². The van der Waals surface area contributed by atoms with Crippen molar-refractivity contribution in [1.82, 2.24) is 9.78 Å². The summed E-state index contributed by atoms with van der Waals surface area (Å²) in [5.74, 6) is 2.29. The van der Waals surface area contributed by atoms with Gasteiger partial charge in [0.2, 0.25) is 6.41 Å². The molecule has 0 bridgehead atoms. The summed E-state index contributed by atoms with van der Waals surface area (Å²) in [6.45, 7) is 6.20. The summed E-state index contributed by atoms with van der Waals surface area (Å²) in [7, 11) is 4.96. The van der Waals surface area contributed by atoms with Crippen LogP contribution in [0.3, 0.4) is 0 Å². The molecule has 1 heterocycles. The first kappa shape index (κ1) is 23.6. The summed E-state index contributed by atoms with van der Waals surface area (Å²) in [6.07, 6.45) is 0.697. The minimum atomic E-state index is -0.371. The lowest BCUT2D eigenvalue weighted by Gasteiger charge is -2.16. The summed E-state index contributed by atoms with van der Waals surface area (Å²) in [5, 5.41) is 10.1. The van der Waals surface area contributed by atoms with Crippen LogP contribution in [0.5, 0.6) is 17.2 Å². The van der Waals surface area contributed by atoms with E-state index in [1.165, 1.54) is 12.0 Å². The first-order valence-electron chi connectivity index (χ1n) is 10.4. The highest BCUT2D eigenvalue weighted by Gasteiger charge is 2.19. The highest BCUT2D eigenvalue weighted by molar-refractivity contribution is 5.99. The van der Waals surface area contributed by atoms with Gasteiger partial charge in [0.05, 0.1) is 18.5 Å². The maximum absolute atomic E-state index is 12.4. The van der Waals surface area contributed by atoms with Crippen LogP contribution in [-0.2, 0) is 17.3 Å². The molecule has 0 saturated heterocycles. The summed E-state index contributed by atoms with van der Waals surface area (Å²) in [4.78, 5) is 25.0. The number of methoxy groups -OCH3 is 1. The van der Waals surface area contributed by atoms with Gasteiger partial charge in [-0.1, -0.05) is 20.8 Å². The Morgan fingerprint density at radius 2 is 1.73 bits per heavy atom. The Bertz CT molecular complexity index is 1130. The van der Waals surface area contributed by atoms with E-state index in [2.05, 4.69) is 36.5 Å². The normalized spacial score (nSPS) is 11.0. The van der Waals surface area contributed by atoms with Crippen molar-refractivity contribution in [3.05, 3.63) is 54.2 Å². The van der Waals surface area contributed by atoms with E-state index in [1.807, 2.05) is 6.07 Å². The van der Waals surface area contributed by atoms with Crippen LogP contribution in [0, 0.1) is 0 Å². The van der Waals surface area contributed by atoms with Crippen LogP contribution in [0.25, 0.3) is 0 Å². The molecule has 2 aromatic carbocycles. The maximum Gasteiger partial charge on any atom is 0.324 e. The number of ether oxygens (including phenoxy) is 2. The summed E-state index contributed by atoms with van der Waals surface area (Å²) >= 11 is 0. The SMILES string of the molecule is COc1ccc(Oc2ccc(NC(=O)Nc3cc(C(C)(C)C)nn3C)cc2)cc1N(C)C=O. The molecule has 0 unspecified atom stereocenters. The fraction of sp³-hybridized carbons (Fsp3) is 0.292. The van der Waals surface area contributed by atoms with Gasteiger partial charge in [-0.15, -0.1) is 0 Å². The monoisotopic (exact) mass is 451 g/mol. The molecule has 3 rings (SSSR count). The molecule has 0 aliphatic heterocycles. The van der Waals surface area contributed by atoms with E-state index >= 15 is 0 Å². The van der Waals surface area contributed by atoms with Gasteiger partial charge in [-0.3, -0.25) is 14.8 Å². The number of anilines is 3. The van der Waals surface area contributed by atoms with Gasteiger partial charge in [-0.05, 0) is 36.4 Å². The Labute approximate surface area is 193 Å². The second kappa shape index (κ2) is 9.64. The van der Waals surface area contributed by atoms with Gasteiger partial charge in [0.25, 0.3) is 0 Å². The van der Waals surface area contributed by atoms with Gasteiger partial charge in [-0.25, -0.2) is 4.79 Å². The standard InChI is InChI=1S/C24H29N5O4/c1-24(2,3)21-14-22(29(5)27-21)26-23(31)25-16-7-9-17(10-8-16)33-18-11-12-20(32-6)19(13-18)28(4)15-30/h7-15H,1-6H3,(H2,25,26,31). The van der Waals surface area contributed by atoms with Crippen molar-refractivity contribution >= 4 is 29.6 Å². The molecule has 9 nitrogen and oxygen atoms in total.